The number of hydrogen-bond acceptors (Lipinski definition) is 4. The number of amides is 1. The van der Waals surface area contributed by atoms with E-state index in [9.17, 15) is 9.18 Å². The van der Waals surface area contributed by atoms with Crippen LogP contribution in [0.5, 0.6) is 0 Å². The minimum absolute atomic E-state index is 0.00957. The van der Waals surface area contributed by atoms with E-state index in [0.717, 1.165) is 10.6 Å². The molecular formula is C13H14FN3OS. The van der Waals surface area contributed by atoms with Gasteiger partial charge in [0.15, 0.2) is 0 Å². The predicted molar refractivity (Wildman–Crippen MR) is 73.5 cm³/mol. The number of halogens is 1. The van der Waals surface area contributed by atoms with Gasteiger partial charge in [-0.15, -0.1) is 11.3 Å². The molecule has 6 heteroatoms. The molecule has 4 nitrogen and oxygen atoms in total. The summed E-state index contributed by atoms with van der Waals surface area (Å²) < 4.78 is 13.6. The highest BCUT2D eigenvalue weighted by Gasteiger charge is 2.17. The second-order valence-corrected chi connectivity index (χ2v) is 5.20. The summed E-state index contributed by atoms with van der Waals surface area (Å²) in [4.78, 5) is 18.7. The van der Waals surface area contributed by atoms with Crippen LogP contribution in [0.4, 0.5) is 10.1 Å². The average molecular weight is 279 g/mol. The molecule has 0 atom stereocenters. The quantitative estimate of drug-likeness (QED) is 0.878. The van der Waals surface area contributed by atoms with Crippen LogP contribution in [0.25, 0.3) is 0 Å². The Hall–Kier alpha value is -1.95. The van der Waals surface area contributed by atoms with E-state index in [0.29, 0.717) is 12.2 Å². The van der Waals surface area contributed by atoms with E-state index in [1.54, 1.807) is 12.6 Å². The van der Waals surface area contributed by atoms with Gasteiger partial charge in [0.1, 0.15) is 5.82 Å². The van der Waals surface area contributed by atoms with Crippen molar-refractivity contribution in [2.24, 2.45) is 0 Å². The second kappa shape index (κ2) is 5.36. The summed E-state index contributed by atoms with van der Waals surface area (Å²) in [6.45, 7) is 2.29. The highest BCUT2D eigenvalue weighted by Crippen LogP contribution is 2.18. The second-order valence-electron chi connectivity index (χ2n) is 4.26. The zero-order valence-corrected chi connectivity index (χ0v) is 11.5. The number of carbonyl (C=O) groups excluding carboxylic acids is 1. The summed E-state index contributed by atoms with van der Waals surface area (Å²) in [7, 11) is 1.63. The van der Waals surface area contributed by atoms with Crippen molar-refractivity contribution in [3.05, 3.63) is 45.7 Å². The lowest BCUT2D eigenvalue weighted by molar-refractivity contribution is 0.0781. The Bertz CT molecular complexity index is 612. The molecule has 0 bridgehead atoms. The molecular weight excluding hydrogens is 265 g/mol. The molecule has 2 aromatic rings. The number of carbonyl (C=O) groups is 1. The SMILES string of the molecule is Cc1ncsc1CN(C)C(=O)c1cc(N)ccc1F. The number of nitrogens with zero attached hydrogens (tertiary/aromatic N) is 2. The monoisotopic (exact) mass is 279 g/mol. The van der Waals surface area contributed by atoms with Crippen LogP contribution in [-0.4, -0.2) is 22.8 Å². The van der Waals surface area contributed by atoms with E-state index in [-0.39, 0.29) is 5.56 Å². The van der Waals surface area contributed by atoms with Gasteiger partial charge in [-0.25, -0.2) is 9.37 Å². The molecule has 0 spiro atoms. The molecule has 1 aromatic carbocycles. The molecule has 2 N–H and O–H groups in total. The van der Waals surface area contributed by atoms with Crippen LogP contribution < -0.4 is 5.73 Å². The molecule has 0 fully saturated rings. The molecule has 1 aromatic heterocycles. The summed E-state index contributed by atoms with van der Waals surface area (Å²) in [5, 5.41) is 0. The molecule has 1 heterocycles. The van der Waals surface area contributed by atoms with Gasteiger partial charge >= 0.3 is 0 Å². The normalized spacial score (nSPS) is 10.5. The summed E-state index contributed by atoms with van der Waals surface area (Å²) in [6, 6.07) is 3.99. The third-order valence-corrected chi connectivity index (χ3v) is 3.71. The molecule has 100 valence electrons. The third kappa shape index (κ3) is 2.90. The first kappa shape index (κ1) is 13.5. The van der Waals surface area contributed by atoms with Gasteiger partial charge in [0.05, 0.1) is 23.3 Å². The Labute approximate surface area is 114 Å². The Balaban J connectivity index is 2.19. The number of benzene rings is 1. The Morgan fingerprint density at radius 2 is 2.26 bits per heavy atom. The van der Waals surface area contributed by atoms with Crippen LogP contribution in [0.15, 0.2) is 23.7 Å². The van der Waals surface area contributed by atoms with Crippen molar-refractivity contribution in [1.82, 2.24) is 9.88 Å². The fourth-order valence-electron chi connectivity index (χ4n) is 1.68. The predicted octanol–water partition coefficient (Wildman–Crippen LogP) is 2.45. The van der Waals surface area contributed by atoms with E-state index in [2.05, 4.69) is 4.98 Å². The lowest BCUT2D eigenvalue weighted by atomic mass is 10.1. The van der Waals surface area contributed by atoms with Crippen LogP contribution >= 0.6 is 11.3 Å². The fourth-order valence-corrected chi connectivity index (χ4v) is 2.51. The zero-order valence-electron chi connectivity index (χ0n) is 10.7. The van der Waals surface area contributed by atoms with Gasteiger partial charge in [-0.1, -0.05) is 0 Å². The summed E-state index contributed by atoms with van der Waals surface area (Å²) >= 11 is 1.47. The highest BCUT2D eigenvalue weighted by atomic mass is 32.1. The lowest BCUT2D eigenvalue weighted by Crippen LogP contribution is -2.27. The van der Waals surface area contributed by atoms with E-state index in [1.165, 1.54) is 34.4 Å². The minimum Gasteiger partial charge on any atom is -0.399 e. The number of rotatable bonds is 3. The molecule has 0 unspecified atom stereocenters. The van der Waals surface area contributed by atoms with Crippen molar-refractivity contribution in [2.75, 3.05) is 12.8 Å². The van der Waals surface area contributed by atoms with Gasteiger partial charge in [0, 0.05) is 17.6 Å². The van der Waals surface area contributed by atoms with E-state index in [1.807, 2.05) is 6.92 Å². The number of hydrogen-bond donors (Lipinski definition) is 1. The minimum atomic E-state index is -0.563. The summed E-state index contributed by atoms with van der Waals surface area (Å²) in [6.07, 6.45) is 0. The Morgan fingerprint density at radius 1 is 1.53 bits per heavy atom. The van der Waals surface area contributed by atoms with Crippen LogP contribution in [0.3, 0.4) is 0 Å². The largest absolute Gasteiger partial charge is 0.399 e. The topological polar surface area (TPSA) is 59.2 Å². The number of aryl methyl sites for hydroxylation is 1. The first-order valence-corrected chi connectivity index (χ1v) is 6.56. The van der Waals surface area contributed by atoms with Crippen molar-refractivity contribution in [3.63, 3.8) is 0 Å². The molecule has 0 aliphatic carbocycles. The van der Waals surface area contributed by atoms with Gasteiger partial charge in [0.2, 0.25) is 0 Å². The van der Waals surface area contributed by atoms with Crippen LogP contribution in [-0.2, 0) is 6.54 Å². The third-order valence-electron chi connectivity index (χ3n) is 2.79. The number of aromatic nitrogens is 1. The number of anilines is 1. The molecule has 0 saturated heterocycles. The van der Waals surface area contributed by atoms with E-state index >= 15 is 0 Å². The molecule has 0 saturated carbocycles. The first-order chi connectivity index (χ1) is 8.99. The zero-order chi connectivity index (χ0) is 14.0. The summed E-state index contributed by atoms with van der Waals surface area (Å²) in [5.41, 5.74) is 8.55. The van der Waals surface area contributed by atoms with E-state index < -0.39 is 11.7 Å². The molecule has 1 amide bonds. The molecule has 2 rings (SSSR count). The van der Waals surface area contributed by atoms with E-state index in [4.69, 9.17) is 5.73 Å². The Morgan fingerprint density at radius 3 is 2.89 bits per heavy atom. The van der Waals surface area contributed by atoms with Crippen molar-refractivity contribution in [2.45, 2.75) is 13.5 Å². The number of thiazole rings is 1. The fraction of sp³-hybridized carbons (Fsp3) is 0.231. The molecule has 19 heavy (non-hydrogen) atoms. The maximum Gasteiger partial charge on any atom is 0.256 e. The van der Waals surface area contributed by atoms with Crippen LogP contribution in [0, 0.1) is 12.7 Å². The van der Waals surface area contributed by atoms with Gasteiger partial charge in [0.25, 0.3) is 5.91 Å². The molecule has 0 radical (unpaired) electrons. The van der Waals surface area contributed by atoms with Gasteiger partial charge < -0.3 is 10.6 Å². The number of nitrogens with two attached hydrogens (primary N) is 1. The highest BCUT2D eigenvalue weighted by molar-refractivity contribution is 7.09. The van der Waals surface area contributed by atoms with Gasteiger partial charge in [-0.3, -0.25) is 4.79 Å². The lowest BCUT2D eigenvalue weighted by Gasteiger charge is -2.17. The van der Waals surface area contributed by atoms with Gasteiger partial charge in [-0.2, -0.15) is 0 Å². The smallest absolute Gasteiger partial charge is 0.256 e. The van der Waals surface area contributed by atoms with Gasteiger partial charge in [-0.05, 0) is 25.1 Å². The maximum absolute atomic E-state index is 13.6. The van der Waals surface area contributed by atoms with Crippen molar-refractivity contribution < 1.29 is 9.18 Å². The first-order valence-electron chi connectivity index (χ1n) is 5.68. The summed E-state index contributed by atoms with van der Waals surface area (Å²) in [5.74, 6) is -0.954. The average Bonchev–Trinajstić information content (AvgIpc) is 2.77. The van der Waals surface area contributed by atoms with Crippen molar-refractivity contribution in [3.8, 4) is 0 Å². The molecule has 0 aliphatic heterocycles. The van der Waals surface area contributed by atoms with Crippen LogP contribution in [0.1, 0.15) is 20.9 Å². The van der Waals surface area contributed by atoms with Crippen molar-refractivity contribution >= 4 is 22.9 Å². The molecule has 0 aliphatic rings. The number of nitrogen functional groups attached to an aromatic ring is 1. The standard InChI is InChI=1S/C13H14FN3OS/c1-8-12(19-7-16-8)6-17(2)13(18)10-5-9(15)3-4-11(10)14/h3-5,7H,6,15H2,1-2H3. The van der Waals surface area contributed by atoms with Crippen LogP contribution in [0.2, 0.25) is 0 Å². The van der Waals surface area contributed by atoms with Crippen molar-refractivity contribution in [1.29, 1.82) is 0 Å². The maximum atomic E-state index is 13.6. The Kier molecular flexibility index (Phi) is 3.80.